The Balaban J connectivity index is 1.99. The maximum atomic E-state index is 5.85. The van der Waals surface area contributed by atoms with E-state index in [0.717, 1.165) is 16.9 Å². The Morgan fingerprint density at radius 3 is 2.21 bits per heavy atom. The van der Waals surface area contributed by atoms with Gasteiger partial charge in [0.15, 0.2) is 0 Å². The van der Waals surface area contributed by atoms with Crippen LogP contribution in [-0.2, 0) is 0 Å². The van der Waals surface area contributed by atoms with E-state index in [0.29, 0.717) is 5.88 Å². The van der Waals surface area contributed by atoms with Crippen LogP contribution in [0.4, 0.5) is 0 Å². The molecule has 0 saturated carbocycles. The highest BCUT2D eigenvalue weighted by Gasteiger charge is 2.06. The van der Waals surface area contributed by atoms with Gasteiger partial charge in [-0.3, -0.25) is 0 Å². The quantitative estimate of drug-likeness (QED) is 0.677. The van der Waals surface area contributed by atoms with Gasteiger partial charge in [0.05, 0.1) is 0 Å². The fourth-order valence-electron chi connectivity index (χ4n) is 1.93. The minimum absolute atomic E-state index is 0.603. The fourth-order valence-corrected chi connectivity index (χ4v) is 1.93. The van der Waals surface area contributed by atoms with Gasteiger partial charge in [-0.1, -0.05) is 54.6 Å². The molecule has 3 aromatic rings. The van der Waals surface area contributed by atoms with Crippen LogP contribution >= 0.6 is 0 Å². The summed E-state index contributed by atoms with van der Waals surface area (Å²) in [5.41, 5.74) is 2.20. The summed E-state index contributed by atoms with van der Waals surface area (Å²) in [4.78, 5) is 4.19. The van der Waals surface area contributed by atoms with E-state index in [9.17, 15) is 0 Å². The molecule has 92 valence electrons. The molecule has 0 radical (unpaired) electrons. The van der Waals surface area contributed by atoms with Crippen molar-refractivity contribution >= 4 is 0 Å². The zero-order chi connectivity index (χ0) is 12.9. The lowest BCUT2D eigenvalue weighted by Gasteiger charge is -2.10. The van der Waals surface area contributed by atoms with Gasteiger partial charge >= 0.3 is 0 Å². The zero-order valence-electron chi connectivity index (χ0n) is 10.4. The molecule has 0 spiro atoms. The monoisotopic (exact) mass is 247 g/mol. The highest BCUT2D eigenvalue weighted by molar-refractivity contribution is 5.70. The molecule has 0 bridgehead atoms. The molecule has 0 aliphatic heterocycles. The number of hydrogen-bond donors (Lipinski definition) is 0. The number of para-hydroxylation sites is 1. The average Bonchev–Trinajstić information content (AvgIpc) is 2.50. The van der Waals surface area contributed by atoms with Crippen molar-refractivity contribution in [2.75, 3.05) is 0 Å². The first-order valence-corrected chi connectivity index (χ1v) is 6.17. The van der Waals surface area contributed by atoms with E-state index < -0.39 is 0 Å². The highest BCUT2D eigenvalue weighted by atomic mass is 16.5. The molecule has 0 saturated heterocycles. The van der Waals surface area contributed by atoms with Crippen LogP contribution in [0.3, 0.4) is 0 Å². The summed E-state index contributed by atoms with van der Waals surface area (Å²) in [6.07, 6.45) is 1.72. The minimum Gasteiger partial charge on any atom is -0.438 e. The third-order valence-corrected chi connectivity index (χ3v) is 2.82. The second kappa shape index (κ2) is 5.36. The first-order valence-electron chi connectivity index (χ1n) is 6.17. The second-order valence-electron chi connectivity index (χ2n) is 4.13. The third kappa shape index (κ3) is 2.63. The number of benzene rings is 2. The molecular weight excluding hydrogens is 234 g/mol. The van der Waals surface area contributed by atoms with Crippen molar-refractivity contribution in [1.29, 1.82) is 0 Å². The van der Waals surface area contributed by atoms with Crippen LogP contribution in [-0.4, -0.2) is 4.98 Å². The number of pyridine rings is 1. The third-order valence-electron chi connectivity index (χ3n) is 2.82. The number of rotatable bonds is 3. The molecular formula is C17H13NO. The highest BCUT2D eigenvalue weighted by Crippen LogP contribution is 2.32. The maximum Gasteiger partial charge on any atom is 0.219 e. The van der Waals surface area contributed by atoms with E-state index in [1.807, 2.05) is 60.7 Å². The molecule has 2 heteroatoms. The Hall–Kier alpha value is -2.61. The Morgan fingerprint density at radius 1 is 0.684 bits per heavy atom. The molecule has 2 aromatic carbocycles. The SMILES string of the molecule is c1ccc(-c2ccccc2Oc2ccccn2)cc1. The summed E-state index contributed by atoms with van der Waals surface area (Å²) >= 11 is 0. The molecule has 0 unspecified atom stereocenters. The summed E-state index contributed by atoms with van der Waals surface area (Å²) in [5, 5.41) is 0. The lowest BCUT2D eigenvalue weighted by atomic mass is 10.1. The van der Waals surface area contributed by atoms with Crippen molar-refractivity contribution in [3.63, 3.8) is 0 Å². The van der Waals surface area contributed by atoms with Crippen LogP contribution in [0.1, 0.15) is 0 Å². The minimum atomic E-state index is 0.603. The Kier molecular flexibility index (Phi) is 3.24. The van der Waals surface area contributed by atoms with E-state index in [-0.39, 0.29) is 0 Å². The van der Waals surface area contributed by atoms with Gasteiger partial charge < -0.3 is 4.74 Å². The smallest absolute Gasteiger partial charge is 0.219 e. The van der Waals surface area contributed by atoms with E-state index in [2.05, 4.69) is 17.1 Å². The Labute approximate surface area is 112 Å². The molecule has 0 N–H and O–H groups in total. The summed E-state index contributed by atoms with van der Waals surface area (Å²) in [7, 11) is 0. The lowest BCUT2D eigenvalue weighted by Crippen LogP contribution is -1.89. The Bertz CT molecular complexity index is 650. The summed E-state index contributed by atoms with van der Waals surface area (Å²) < 4.78 is 5.85. The van der Waals surface area contributed by atoms with Crippen LogP contribution in [0.5, 0.6) is 11.6 Å². The van der Waals surface area contributed by atoms with Gasteiger partial charge in [0, 0.05) is 17.8 Å². The molecule has 1 heterocycles. The van der Waals surface area contributed by atoms with Gasteiger partial charge in [-0.25, -0.2) is 4.98 Å². The van der Waals surface area contributed by atoms with Crippen molar-refractivity contribution in [3.05, 3.63) is 79.0 Å². The standard InChI is InChI=1S/C17H13NO/c1-2-8-14(9-3-1)15-10-4-5-11-16(15)19-17-12-6-7-13-18-17/h1-13H. The van der Waals surface area contributed by atoms with Gasteiger partial charge in [0.2, 0.25) is 5.88 Å². The average molecular weight is 247 g/mol. The van der Waals surface area contributed by atoms with Crippen LogP contribution in [0.15, 0.2) is 79.0 Å². The van der Waals surface area contributed by atoms with Crippen LogP contribution in [0.2, 0.25) is 0 Å². The largest absolute Gasteiger partial charge is 0.438 e. The maximum absolute atomic E-state index is 5.85. The lowest BCUT2D eigenvalue weighted by molar-refractivity contribution is 0.464. The van der Waals surface area contributed by atoms with Gasteiger partial charge in [0.1, 0.15) is 5.75 Å². The summed E-state index contributed by atoms with van der Waals surface area (Å²) in [5.74, 6) is 1.42. The number of aromatic nitrogens is 1. The molecule has 0 atom stereocenters. The van der Waals surface area contributed by atoms with Crippen molar-refractivity contribution in [3.8, 4) is 22.8 Å². The van der Waals surface area contributed by atoms with Crippen LogP contribution in [0, 0.1) is 0 Å². The molecule has 0 fully saturated rings. The molecule has 0 amide bonds. The van der Waals surface area contributed by atoms with Crippen molar-refractivity contribution in [2.45, 2.75) is 0 Å². The molecule has 19 heavy (non-hydrogen) atoms. The zero-order valence-corrected chi connectivity index (χ0v) is 10.4. The Morgan fingerprint density at radius 2 is 1.42 bits per heavy atom. The topological polar surface area (TPSA) is 22.1 Å². The molecule has 2 nitrogen and oxygen atoms in total. The van der Waals surface area contributed by atoms with Crippen LogP contribution < -0.4 is 4.74 Å². The predicted octanol–water partition coefficient (Wildman–Crippen LogP) is 4.54. The van der Waals surface area contributed by atoms with Crippen molar-refractivity contribution < 1.29 is 4.74 Å². The molecule has 0 aliphatic rings. The van der Waals surface area contributed by atoms with Crippen LogP contribution in [0.25, 0.3) is 11.1 Å². The van der Waals surface area contributed by atoms with E-state index in [1.165, 1.54) is 0 Å². The molecule has 1 aromatic heterocycles. The van der Waals surface area contributed by atoms with E-state index in [1.54, 1.807) is 6.20 Å². The second-order valence-corrected chi connectivity index (χ2v) is 4.13. The van der Waals surface area contributed by atoms with Gasteiger partial charge in [-0.15, -0.1) is 0 Å². The van der Waals surface area contributed by atoms with Crippen molar-refractivity contribution in [1.82, 2.24) is 4.98 Å². The first-order chi connectivity index (χ1) is 9.43. The molecule has 3 rings (SSSR count). The number of hydrogen-bond acceptors (Lipinski definition) is 2. The normalized spacial score (nSPS) is 10.1. The summed E-state index contributed by atoms with van der Waals surface area (Å²) in [6.45, 7) is 0. The van der Waals surface area contributed by atoms with E-state index in [4.69, 9.17) is 4.74 Å². The molecule has 0 aliphatic carbocycles. The summed E-state index contributed by atoms with van der Waals surface area (Å²) in [6, 6.07) is 23.8. The number of ether oxygens (including phenoxy) is 1. The first kappa shape index (κ1) is 11.5. The predicted molar refractivity (Wildman–Crippen MR) is 76.2 cm³/mol. The van der Waals surface area contributed by atoms with Gasteiger partial charge in [-0.05, 0) is 17.7 Å². The van der Waals surface area contributed by atoms with E-state index >= 15 is 0 Å². The van der Waals surface area contributed by atoms with Crippen molar-refractivity contribution in [2.24, 2.45) is 0 Å². The van der Waals surface area contributed by atoms with Gasteiger partial charge in [-0.2, -0.15) is 0 Å². The number of nitrogens with zero attached hydrogens (tertiary/aromatic N) is 1. The fraction of sp³-hybridized carbons (Fsp3) is 0. The van der Waals surface area contributed by atoms with Gasteiger partial charge in [0.25, 0.3) is 0 Å².